The third-order valence-electron chi connectivity index (χ3n) is 6.40. The summed E-state index contributed by atoms with van der Waals surface area (Å²) in [6, 6.07) is 8.65. The van der Waals surface area contributed by atoms with Crippen molar-refractivity contribution < 1.29 is 19.0 Å². The molecule has 32 heavy (non-hydrogen) atoms. The zero-order chi connectivity index (χ0) is 22.8. The Labute approximate surface area is 191 Å². The van der Waals surface area contributed by atoms with Gasteiger partial charge in [-0.05, 0) is 57.2 Å². The van der Waals surface area contributed by atoms with E-state index in [1.807, 2.05) is 19.1 Å². The number of carbonyl (C=O) groups excluding carboxylic acids is 1. The summed E-state index contributed by atoms with van der Waals surface area (Å²) in [6.45, 7) is 8.71. The maximum atomic E-state index is 11.9. The van der Waals surface area contributed by atoms with Gasteiger partial charge in [-0.25, -0.2) is 4.79 Å². The first-order valence-corrected chi connectivity index (χ1v) is 11.8. The van der Waals surface area contributed by atoms with E-state index in [0.717, 1.165) is 57.2 Å². The van der Waals surface area contributed by atoms with Gasteiger partial charge in [0.2, 0.25) is 0 Å². The van der Waals surface area contributed by atoms with Gasteiger partial charge in [-0.2, -0.15) is 0 Å². The fourth-order valence-corrected chi connectivity index (χ4v) is 4.41. The number of ether oxygens (including phenoxy) is 3. The van der Waals surface area contributed by atoms with E-state index in [1.54, 1.807) is 12.0 Å². The number of aliphatic imine (C=N–C) groups is 1. The van der Waals surface area contributed by atoms with Gasteiger partial charge < -0.3 is 29.7 Å². The molecule has 1 amide bonds. The van der Waals surface area contributed by atoms with Crippen LogP contribution in [0.5, 0.6) is 5.75 Å². The molecule has 2 heterocycles. The van der Waals surface area contributed by atoms with Crippen LogP contribution in [0.4, 0.5) is 4.79 Å². The Morgan fingerprint density at radius 3 is 2.47 bits per heavy atom. The minimum atomic E-state index is -0.215. The molecule has 0 bridgehead atoms. The SMILES string of the molecule is CCNC(=NCC1(c2ccc(OC)cc2)CCOCC1)NC1CCN(C(=O)OCC)CC1. The number of likely N-dealkylation sites (tertiary alicyclic amines) is 1. The smallest absolute Gasteiger partial charge is 0.409 e. The van der Waals surface area contributed by atoms with Crippen molar-refractivity contribution in [3.05, 3.63) is 29.8 Å². The topological polar surface area (TPSA) is 84.4 Å². The molecule has 2 aliphatic rings. The van der Waals surface area contributed by atoms with Gasteiger partial charge in [0.05, 0.1) is 20.3 Å². The Balaban J connectivity index is 1.66. The number of hydrogen-bond acceptors (Lipinski definition) is 5. The van der Waals surface area contributed by atoms with Gasteiger partial charge in [0.15, 0.2) is 5.96 Å². The monoisotopic (exact) mass is 446 g/mol. The van der Waals surface area contributed by atoms with Crippen LogP contribution in [0, 0.1) is 0 Å². The summed E-state index contributed by atoms with van der Waals surface area (Å²) in [5.74, 6) is 1.70. The molecule has 1 aromatic carbocycles. The molecule has 2 saturated heterocycles. The fourth-order valence-electron chi connectivity index (χ4n) is 4.41. The Hall–Kier alpha value is -2.48. The van der Waals surface area contributed by atoms with E-state index < -0.39 is 0 Å². The molecule has 0 saturated carbocycles. The number of benzene rings is 1. The summed E-state index contributed by atoms with van der Waals surface area (Å²) in [5.41, 5.74) is 1.24. The highest BCUT2D eigenvalue weighted by molar-refractivity contribution is 5.80. The standard InChI is InChI=1S/C24H38N4O4/c1-4-25-22(27-20-10-14-28(15-11-20)23(29)32-5-2)26-18-24(12-16-31-17-13-24)19-6-8-21(30-3)9-7-19/h6-9,20H,4-5,10-18H2,1-3H3,(H2,25,26,27). The van der Waals surface area contributed by atoms with Crippen LogP contribution in [0.25, 0.3) is 0 Å². The second-order valence-corrected chi connectivity index (χ2v) is 8.42. The van der Waals surface area contributed by atoms with Crippen molar-refractivity contribution in [2.24, 2.45) is 4.99 Å². The molecule has 3 rings (SSSR count). The van der Waals surface area contributed by atoms with E-state index in [-0.39, 0.29) is 17.6 Å². The quantitative estimate of drug-likeness (QED) is 0.495. The first-order valence-electron chi connectivity index (χ1n) is 11.8. The van der Waals surface area contributed by atoms with Crippen molar-refractivity contribution >= 4 is 12.1 Å². The number of amides is 1. The Morgan fingerprint density at radius 2 is 1.88 bits per heavy atom. The molecule has 2 aliphatic heterocycles. The molecule has 2 fully saturated rings. The minimum Gasteiger partial charge on any atom is -0.497 e. The molecule has 0 unspecified atom stereocenters. The minimum absolute atomic E-state index is 0.0415. The van der Waals surface area contributed by atoms with Gasteiger partial charge in [-0.1, -0.05) is 12.1 Å². The van der Waals surface area contributed by atoms with E-state index in [9.17, 15) is 4.79 Å². The van der Waals surface area contributed by atoms with Crippen LogP contribution in [0.2, 0.25) is 0 Å². The maximum absolute atomic E-state index is 11.9. The van der Waals surface area contributed by atoms with Gasteiger partial charge in [-0.3, -0.25) is 4.99 Å². The van der Waals surface area contributed by atoms with Crippen molar-refractivity contribution in [1.82, 2.24) is 15.5 Å². The number of piperidine rings is 1. The zero-order valence-electron chi connectivity index (χ0n) is 19.7. The molecule has 0 aromatic heterocycles. The Morgan fingerprint density at radius 1 is 1.19 bits per heavy atom. The lowest BCUT2D eigenvalue weighted by Crippen LogP contribution is -2.50. The second-order valence-electron chi connectivity index (χ2n) is 8.42. The van der Waals surface area contributed by atoms with E-state index in [1.165, 1.54) is 5.56 Å². The van der Waals surface area contributed by atoms with E-state index in [0.29, 0.717) is 26.2 Å². The van der Waals surface area contributed by atoms with Crippen LogP contribution in [-0.4, -0.2) is 76.1 Å². The predicted molar refractivity (Wildman–Crippen MR) is 125 cm³/mol. The van der Waals surface area contributed by atoms with Crippen molar-refractivity contribution in [1.29, 1.82) is 0 Å². The summed E-state index contributed by atoms with van der Waals surface area (Å²) >= 11 is 0. The molecule has 1 aromatic rings. The molecule has 0 radical (unpaired) electrons. The van der Waals surface area contributed by atoms with Crippen LogP contribution in [-0.2, 0) is 14.9 Å². The molecule has 2 N–H and O–H groups in total. The molecule has 8 nitrogen and oxygen atoms in total. The van der Waals surface area contributed by atoms with Crippen LogP contribution < -0.4 is 15.4 Å². The highest BCUT2D eigenvalue weighted by atomic mass is 16.6. The normalized spacial score (nSPS) is 19.3. The van der Waals surface area contributed by atoms with Crippen LogP contribution in [0.3, 0.4) is 0 Å². The number of hydrogen-bond donors (Lipinski definition) is 2. The lowest BCUT2D eigenvalue weighted by molar-refractivity contribution is 0.0530. The average molecular weight is 447 g/mol. The molecule has 8 heteroatoms. The van der Waals surface area contributed by atoms with Crippen molar-refractivity contribution in [2.45, 2.75) is 51.0 Å². The maximum Gasteiger partial charge on any atom is 0.409 e. The van der Waals surface area contributed by atoms with Crippen molar-refractivity contribution in [3.63, 3.8) is 0 Å². The molecule has 0 spiro atoms. The second kappa shape index (κ2) is 11.9. The summed E-state index contributed by atoms with van der Waals surface area (Å²) in [6.07, 6.45) is 3.43. The lowest BCUT2D eigenvalue weighted by Gasteiger charge is -2.37. The van der Waals surface area contributed by atoms with E-state index in [2.05, 4.69) is 29.7 Å². The largest absolute Gasteiger partial charge is 0.497 e. The first kappa shape index (κ1) is 24.2. The molecule has 0 atom stereocenters. The number of guanidine groups is 1. The fraction of sp³-hybridized carbons (Fsp3) is 0.667. The van der Waals surface area contributed by atoms with Gasteiger partial charge in [0.1, 0.15) is 5.75 Å². The van der Waals surface area contributed by atoms with E-state index >= 15 is 0 Å². The Kier molecular flexibility index (Phi) is 9.02. The van der Waals surface area contributed by atoms with E-state index in [4.69, 9.17) is 19.2 Å². The highest BCUT2D eigenvalue weighted by Gasteiger charge is 2.34. The third-order valence-corrected chi connectivity index (χ3v) is 6.40. The van der Waals surface area contributed by atoms with Crippen LogP contribution >= 0.6 is 0 Å². The van der Waals surface area contributed by atoms with Crippen LogP contribution in [0.15, 0.2) is 29.3 Å². The van der Waals surface area contributed by atoms with Crippen molar-refractivity contribution in [2.75, 3.05) is 53.1 Å². The predicted octanol–water partition coefficient (Wildman–Crippen LogP) is 2.92. The Bertz CT molecular complexity index is 739. The van der Waals surface area contributed by atoms with Gasteiger partial charge in [0, 0.05) is 44.3 Å². The van der Waals surface area contributed by atoms with Gasteiger partial charge in [-0.15, -0.1) is 0 Å². The summed E-state index contributed by atoms with van der Waals surface area (Å²) in [5, 5.41) is 6.98. The number of carbonyl (C=O) groups is 1. The zero-order valence-corrected chi connectivity index (χ0v) is 19.7. The number of nitrogens with one attached hydrogen (secondary N) is 2. The summed E-state index contributed by atoms with van der Waals surface area (Å²) in [7, 11) is 1.69. The van der Waals surface area contributed by atoms with Gasteiger partial charge in [0.25, 0.3) is 0 Å². The first-order chi connectivity index (χ1) is 15.6. The number of nitrogens with zero attached hydrogens (tertiary/aromatic N) is 2. The summed E-state index contributed by atoms with van der Waals surface area (Å²) < 4.78 is 16.1. The molecule has 178 valence electrons. The molecular formula is C24H38N4O4. The summed E-state index contributed by atoms with van der Waals surface area (Å²) in [4.78, 5) is 18.7. The van der Waals surface area contributed by atoms with Gasteiger partial charge >= 0.3 is 6.09 Å². The van der Waals surface area contributed by atoms with Crippen molar-refractivity contribution in [3.8, 4) is 5.75 Å². The molecular weight excluding hydrogens is 408 g/mol. The lowest BCUT2D eigenvalue weighted by atomic mass is 9.74. The average Bonchev–Trinajstić information content (AvgIpc) is 2.84. The number of rotatable bonds is 7. The third kappa shape index (κ3) is 6.28. The van der Waals surface area contributed by atoms with Crippen LogP contribution in [0.1, 0.15) is 45.1 Å². The molecule has 0 aliphatic carbocycles. The number of methoxy groups -OCH3 is 1. The highest BCUT2D eigenvalue weighted by Crippen LogP contribution is 2.36.